The summed E-state index contributed by atoms with van der Waals surface area (Å²) in [6, 6.07) is 0. The Balaban J connectivity index is 1.05. The molecule has 0 bridgehead atoms. The van der Waals surface area contributed by atoms with E-state index in [9.17, 15) is 0 Å². The highest BCUT2D eigenvalue weighted by Gasteiger charge is 2.34. The van der Waals surface area contributed by atoms with Gasteiger partial charge < -0.3 is 4.74 Å². The number of allylic oxidation sites excluding steroid dienone is 3. The fourth-order valence-corrected chi connectivity index (χ4v) is 8.35. The van der Waals surface area contributed by atoms with Crippen molar-refractivity contribution >= 4 is 0 Å². The molecule has 0 heterocycles. The molecule has 0 aromatic rings. The van der Waals surface area contributed by atoms with Crippen LogP contribution in [0.5, 0.6) is 0 Å². The Morgan fingerprint density at radius 1 is 0.657 bits per heavy atom. The van der Waals surface area contributed by atoms with Crippen molar-refractivity contribution in [2.45, 2.75) is 141 Å². The molecule has 4 aliphatic rings. The monoisotopic (exact) mass is 482 g/mol. The van der Waals surface area contributed by atoms with E-state index in [1.54, 1.807) is 25.7 Å². The summed E-state index contributed by atoms with van der Waals surface area (Å²) in [5.74, 6) is 6.86. The number of ether oxygens (including phenoxy) is 1. The molecule has 4 aliphatic carbocycles. The van der Waals surface area contributed by atoms with Gasteiger partial charge in [-0.15, -0.1) is 6.58 Å². The van der Waals surface area contributed by atoms with Gasteiger partial charge in [0.05, 0.1) is 6.10 Å². The fourth-order valence-electron chi connectivity index (χ4n) is 8.35. The van der Waals surface area contributed by atoms with Crippen molar-refractivity contribution in [1.82, 2.24) is 0 Å². The van der Waals surface area contributed by atoms with Gasteiger partial charge in [0.15, 0.2) is 0 Å². The van der Waals surface area contributed by atoms with Crippen molar-refractivity contribution in [2.24, 2.45) is 41.4 Å². The lowest BCUT2D eigenvalue weighted by Gasteiger charge is -2.41. The minimum absolute atomic E-state index is 0.566. The maximum atomic E-state index is 6.05. The van der Waals surface area contributed by atoms with Crippen molar-refractivity contribution in [3.63, 3.8) is 0 Å². The van der Waals surface area contributed by atoms with Crippen LogP contribution in [0.4, 0.5) is 0 Å². The Kier molecular flexibility index (Phi) is 11.8. The standard InChI is InChI=1S/C34H58O/c1-3-5-26-35-34-24-14-29(15-25-34)9-7-6-8-28-12-18-31(19-13-28)33-22-20-32(21-23-33)30-16-10-27(4-2)11-17-30/h4,6,8,27-34H,2-3,5,7,9-26H2,1H3/b8-6+. The van der Waals surface area contributed by atoms with Gasteiger partial charge in [-0.25, -0.2) is 0 Å². The molecule has 0 atom stereocenters. The van der Waals surface area contributed by atoms with Crippen LogP contribution in [-0.2, 0) is 4.74 Å². The minimum atomic E-state index is 0.566. The highest BCUT2D eigenvalue weighted by Crippen LogP contribution is 2.46. The van der Waals surface area contributed by atoms with Crippen molar-refractivity contribution in [1.29, 1.82) is 0 Å². The van der Waals surface area contributed by atoms with Crippen LogP contribution in [0.3, 0.4) is 0 Å². The first-order chi connectivity index (χ1) is 17.2. The third-order valence-electron chi connectivity index (χ3n) is 10.9. The van der Waals surface area contributed by atoms with Crippen molar-refractivity contribution in [2.75, 3.05) is 6.61 Å². The smallest absolute Gasteiger partial charge is 0.0575 e. The van der Waals surface area contributed by atoms with Crippen LogP contribution in [0, 0.1) is 41.4 Å². The van der Waals surface area contributed by atoms with E-state index in [0.29, 0.717) is 6.10 Å². The average molecular weight is 483 g/mol. The second-order valence-electron chi connectivity index (χ2n) is 13.1. The van der Waals surface area contributed by atoms with Crippen LogP contribution in [0.1, 0.15) is 135 Å². The zero-order valence-electron chi connectivity index (χ0n) is 23.3. The van der Waals surface area contributed by atoms with E-state index in [1.165, 1.54) is 103 Å². The van der Waals surface area contributed by atoms with E-state index < -0.39 is 0 Å². The second kappa shape index (κ2) is 15.0. The molecule has 4 saturated carbocycles. The van der Waals surface area contributed by atoms with E-state index >= 15 is 0 Å². The molecule has 0 aromatic carbocycles. The molecule has 35 heavy (non-hydrogen) atoms. The molecule has 0 amide bonds. The summed E-state index contributed by atoms with van der Waals surface area (Å²) >= 11 is 0. The Labute approximate surface area is 218 Å². The highest BCUT2D eigenvalue weighted by molar-refractivity contribution is 4.94. The van der Waals surface area contributed by atoms with Gasteiger partial charge in [-0.05, 0) is 163 Å². The Hall–Kier alpha value is -0.560. The molecule has 0 spiro atoms. The van der Waals surface area contributed by atoms with Crippen LogP contribution in [0.2, 0.25) is 0 Å². The summed E-state index contributed by atoms with van der Waals surface area (Å²) in [6.07, 6.45) is 36.5. The zero-order valence-corrected chi connectivity index (χ0v) is 23.3. The lowest BCUT2D eigenvalue weighted by atomic mass is 9.65. The van der Waals surface area contributed by atoms with Crippen LogP contribution >= 0.6 is 0 Å². The van der Waals surface area contributed by atoms with Gasteiger partial charge in [0, 0.05) is 6.61 Å². The maximum absolute atomic E-state index is 6.05. The Morgan fingerprint density at radius 2 is 1.17 bits per heavy atom. The first-order valence-electron chi connectivity index (χ1n) is 16.2. The molecule has 4 rings (SSSR count). The minimum Gasteiger partial charge on any atom is -0.378 e. The van der Waals surface area contributed by atoms with E-state index in [0.717, 1.165) is 48.0 Å². The summed E-state index contributed by atoms with van der Waals surface area (Å²) in [4.78, 5) is 0. The Bertz CT molecular complexity index is 590. The molecule has 0 unspecified atom stereocenters. The Morgan fingerprint density at radius 3 is 1.69 bits per heavy atom. The van der Waals surface area contributed by atoms with E-state index in [-0.39, 0.29) is 0 Å². The van der Waals surface area contributed by atoms with E-state index in [2.05, 4.69) is 31.7 Å². The molecule has 4 fully saturated rings. The normalized spacial score (nSPS) is 39.0. The summed E-state index contributed by atoms with van der Waals surface area (Å²) in [6.45, 7) is 7.27. The van der Waals surface area contributed by atoms with Crippen molar-refractivity contribution in [3.05, 3.63) is 24.8 Å². The number of rotatable bonds is 11. The fraction of sp³-hybridized carbons (Fsp3) is 0.882. The summed E-state index contributed by atoms with van der Waals surface area (Å²) < 4.78 is 6.05. The first kappa shape index (κ1) is 27.5. The SMILES string of the molecule is C=CC1CCC(C2CCC(C3CCC(/C=C/CCC4CCC(OCCCC)CC4)CC3)CC2)CC1. The predicted octanol–water partition coefficient (Wildman–Crippen LogP) is 10.3. The zero-order chi connectivity index (χ0) is 24.3. The molecule has 0 aliphatic heterocycles. The van der Waals surface area contributed by atoms with Gasteiger partial charge >= 0.3 is 0 Å². The van der Waals surface area contributed by atoms with Crippen molar-refractivity contribution < 1.29 is 4.74 Å². The van der Waals surface area contributed by atoms with Crippen LogP contribution in [0.15, 0.2) is 24.8 Å². The molecule has 0 saturated heterocycles. The van der Waals surface area contributed by atoms with Gasteiger partial charge in [-0.1, -0.05) is 31.6 Å². The molecule has 0 N–H and O–H groups in total. The quantitative estimate of drug-likeness (QED) is 0.210. The lowest BCUT2D eigenvalue weighted by Crippen LogP contribution is -2.29. The summed E-state index contributed by atoms with van der Waals surface area (Å²) in [7, 11) is 0. The number of hydrogen-bond acceptors (Lipinski definition) is 1. The largest absolute Gasteiger partial charge is 0.378 e. The first-order valence-corrected chi connectivity index (χ1v) is 16.2. The van der Waals surface area contributed by atoms with Crippen LogP contribution in [0.25, 0.3) is 0 Å². The van der Waals surface area contributed by atoms with Gasteiger partial charge in [-0.3, -0.25) is 0 Å². The lowest BCUT2D eigenvalue weighted by molar-refractivity contribution is 0.0160. The van der Waals surface area contributed by atoms with Crippen molar-refractivity contribution in [3.8, 4) is 0 Å². The second-order valence-corrected chi connectivity index (χ2v) is 13.1. The highest BCUT2D eigenvalue weighted by atomic mass is 16.5. The molecule has 1 heteroatoms. The predicted molar refractivity (Wildman–Crippen MR) is 152 cm³/mol. The molecule has 0 radical (unpaired) electrons. The van der Waals surface area contributed by atoms with Crippen LogP contribution in [-0.4, -0.2) is 12.7 Å². The number of unbranched alkanes of at least 4 members (excludes halogenated alkanes) is 1. The van der Waals surface area contributed by atoms with E-state index in [1.807, 2.05) is 0 Å². The summed E-state index contributed by atoms with van der Waals surface area (Å²) in [5.41, 5.74) is 0. The van der Waals surface area contributed by atoms with Gasteiger partial charge in [-0.2, -0.15) is 0 Å². The maximum Gasteiger partial charge on any atom is 0.0575 e. The molecular formula is C34H58O. The molecule has 1 nitrogen and oxygen atoms in total. The topological polar surface area (TPSA) is 9.23 Å². The molecular weight excluding hydrogens is 424 g/mol. The van der Waals surface area contributed by atoms with E-state index in [4.69, 9.17) is 4.74 Å². The molecule has 200 valence electrons. The van der Waals surface area contributed by atoms with Crippen LogP contribution < -0.4 is 0 Å². The molecule has 0 aromatic heterocycles. The van der Waals surface area contributed by atoms with Gasteiger partial charge in [0.25, 0.3) is 0 Å². The van der Waals surface area contributed by atoms with Gasteiger partial charge in [0.1, 0.15) is 0 Å². The third-order valence-corrected chi connectivity index (χ3v) is 10.9. The third kappa shape index (κ3) is 8.76. The van der Waals surface area contributed by atoms with Gasteiger partial charge in [0.2, 0.25) is 0 Å². The number of hydrogen-bond donors (Lipinski definition) is 0. The average Bonchev–Trinajstić information content (AvgIpc) is 2.92. The summed E-state index contributed by atoms with van der Waals surface area (Å²) in [5, 5.41) is 0.